The number of rotatable bonds is 3. The summed E-state index contributed by atoms with van der Waals surface area (Å²) in [5, 5.41) is 3.06. The Balaban J connectivity index is 0.000000163. The molecule has 0 aliphatic heterocycles. The topological polar surface area (TPSA) is 66.4 Å². The molecule has 0 aliphatic rings. The molecule has 3 aromatic carbocycles. The van der Waals surface area contributed by atoms with Gasteiger partial charge >= 0.3 is 25.8 Å². The molecule has 3 heterocycles. The van der Waals surface area contributed by atoms with Crippen LogP contribution in [0.5, 0.6) is 17.2 Å². The Labute approximate surface area is 268 Å². The monoisotopic (exact) mass is 685 g/mol. The quantitative estimate of drug-likeness (QED) is 0.207. The van der Waals surface area contributed by atoms with Crippen LogP contribution >= 0.6 is 0 Å². The summed E-state index contributed by atoms with van der Waals surface area (Å²) in [6.07, 6.45) is 5.22. The zero-order valence-corrected chi connectivity index (χ0v) is 27.8. The van der Waals surface area contributed by atoms with E-state index in [0.29, 0.717) is 0 Å². The van der Waals surface area contributed by atoms with Crippen LogP contribution in [0.25, 0.3) is 32.7 Å². The van der Waals surface area contributed by atoms with Gasteiger partial charge in [0.05, 0.1) is 37.9 Å². The largest absolute Gasteiger partial charge is 3.00 e. The maximum absolute atomic E-state index is 5.16. The molecule has 6 nitrogen and oxygen atoms in total. The van der Waals surface area contributed by atoms with Gasteiger partial charge in [-0.1, -0.05) is 18.2 Å². The molecule has 0 amide bonds. The van der Waals surface area contributed by atoms with Crippen LogP contribution in [0.1, 0.15) is 0 Å². The summed E-state index contributed by atoms with van der Waals surface area (Å²) in [6.45, 7) is 0. The number of nitrogens with zero attached hydrogens (tertiary/aromatic N) is 3. The molecule has 198 valence electrons. The van der Waals surface area contributed by atoms with Crippen molar-refractivity contribution in [3.63, 3.8) is 0 Å². The van der Waals surface area contributed by atoms with Crippen molar-refractivity contribution in [2.75, 3.05) is 21.3 Å². The number of benzene rings is 3. The van der Waals surface area contributed by atoms with Crippen LogP contribution in [0.4, 0.5) is 0 Å². The fourth-order valence-corrected chi connectivity index (χ4v) is 4.61. The van der Waals surface area contributed by atoms with Gasteiger partial charge in [-0.15, -0.1) is 14.7 Å². The Hall–Kier alpha value is -3.18. The minimum Gasteiger partial charge on any atom is -0.778 e. The SMILES string of the molecule is COc1cc([S-])c2ncccc2c1.COc1cc([S-])c2ncccc2c1.COc1cc([S-])c2ncccc2c1.[In+3]. The minimum atomic E-state index is 0. The first-order chi connectivity index (χ1) is 18.9. The molecule has 6 rings (SSSR count). The van der Waals surface area contributed by atoms with Crippen molar-refractivity contribution < 1.29 is 14.2 Å². The molecular formula is C30H24InN3O3S3. The first-order valence-corrected chi connectivity index (χ1v) is 12.9. The number of ether oxygens (including phenoxy) is 3. The molecule has 0 radical (unpaired) electrons. The van der Waals surface area contributed by atoms with Crippen LogP contribution in [-0.2, 0) is 37.9 Å². The van der Waals surface area contributed by atoms with Gasteiger partial charge in [-0.25, -0.2) is 0 Å². The number of fused-ring (bicyclic) bond motifs is 3. The van der Waals surface area contributed by atoms with Crippen LogP contribution < -0.4 is 14.2 Å². The average Bonchev–Trinajstić information content (AvgIpc) is 2.97. The van der Waals surface area contributed by atoms with Gasteiger partial charge < -0.3 is 52.1 Å². The Kier molecular flexibility index (Phi) is 11.8. The van der Waals surface area contributed by atoms with Crippen LogP contribution in [0.15, 0.2) is 106 Å². The summed E-state index contributed by atoms with van der Waals surface area (Å²) in [4.78, 5) is 14.8. The van der Waals surface area contributed by atoms with Gasteiger partial charge in [0.25, 0.3) is 0 Å². The van der Waals surface area contributed by atoms with Crippen molar-refractivity contribution in [1.82, 2.24) is 15.0 Å². The third-order valence-electron chi connectivity index (χ3n) is 5.64. The molecule has 10 heteroatoms. The second-order valence-corrected chi connectivity index (χ2v) is 9.42. The average molecular weight is 686 g/mol. The van der Waals surface area contributed by atoms with Crippen LogP contribution in [0, 0.1) is 0 Å². The zero-order chi connectivity index (χ0) is 27.8. The Morgan fingerprint density at radius 3 is 1.00 bits per heavy atom. The fraction of sp³-hybridized carbons (Fsp3) is 0.100. The van der Waals surface area contributed by atoms with E-state index in [4.69, 9.17) is 52.1 Å². The van der Waals surface area contributed by atoms with E-state index in [9.17, 15) is 0 Å². The summed E-state index contributed by atoms with van der Waals surface area (Å²) >= 11 is 15.5. The van der Waals surface area contributed by atoms with E-state index in [1.54, 1.807) is 39.9 Å². The molecule has 40 heavy (non-hydrogen) atoms. The third kappa shape index (κ3) is 7.72. The van der Waals surface area contributed by atoms with Crippen molar-refractivity contribution in [1.29, 1.82) is 0 Å². The molecule has 6 aromatic rings. The van der Waals surface area contributed by atoms with Gasteiger partial charge in [-0.3, -0.25) is 15.0 Å². The van der Waals surface area contributed by atoms with Gasteiger partial charge in [0.1, 0.15) is 17.2 Å². The number of methoxy groups -OCH3 is 3. The molecule has 0 aliphatic carbocycles. The van der Waals surface area contributed by atoms with Crippen LogP contribution in [-0.4, -0.2) is 62.1 Å². The molecule has 0 saturated carbocycles. The summed E-state index contributed by atoms with van der Waals surface area (Å²) < 4.78 is 15.3. The van der Waals surface area contributed by atoms with Crippen molar-refractivity contribution in [3.8, 4) is 17.2 Å². The summed E-state index contributed by atoms with van der Waals surface area (Å²) in [7, 11) is 4.89. The first-order valence-electron chi connectivity index (χ1n) is 11.7. The van der Waals surface area contributed by atoms with Crippen molar-refractivity contribution in [2.45, 2.75) is 14.7 Å². The van der Waals surface area contributed by atoms with Crippen LogP contribution in [0.3, 0.4) is 0 Å². The van der Waals surface area contributed by atoms with Crippen molar-refractivity contribution in [2.24, 2.45) is 0 Å². The number of hydrogen-bond acceptors (Lipinski definition) is 9. The van der Waals surface area contributed by atoms with E-state index in [0.717, 1.165) is 64.6 Å². The maximum atomic E-state index is 5.16. The summed E-state index contributed by atoms with van der Waals surface area (Å²) in [5.74, 6) is 2.35. The molecular weight excluding hydrogens is 661 g/mol. The van der Waals surface area contributed by atoms with Gasteiger partial charge in [0, 0.05) is 34.7 Å². The first kappa shape index (κ1) is 31.3. The van der Waals surface area contributed by atoms with E-state index >= 15 is 0 Å². The predicted molar refractivity (Wildman–Crippen MR) is 168 cm³/mol. The molecule has 0 bridgehead atoms. The van der Waals surface area contributed by atoms with E-state index in [1.165, 1.54) is 0 Å². The van der Waals surface area contributed by atoms with E-state index in [1.807, 2.05) is 72.8 Å². The standard InChI is InChI=1S/3C10H9NOS.In/c3*1-12-8-5-7-3-2-4-11-10(7)9(13)6-8;/h3*2-6,13H,1H3;/q;;;+3/p-3. The smallest absolute Gasteiger partial charge is 0.778 e. The Bertz CT molecular complexity index is 1540. The second-order valence-electron chi connectivity index (χ2n) is 8.10. The van der Waals surface area contributed by atoms with E-state index in [-0.39, 0.29) is 25.8 Å². The molecule has 0 spiro atoms. The van der Waals surface area contributed by atoms with Gasteiger partial charge in [0.15, 0.2) is 0 Å². The molecule has 0 unspecified atom stereocenters. The normalized spacial score (nSPS) is 9.97. The third-order valence-corrected chi connectivity index (χ3v) is 6.57. The number of hydrogen-bond donors (Lipinski definition) is 0. The molecule has 0 fully saturated rings. The predicted octanol–water partition coefficient (Wildman–Crippen LogP) is 6.07. The van der Waals surface area contributed by atoms with E-state index in [2.05, 4.69) is 15.0 Å². The van der Waals surface area contributed by atoms with Gasteiger partial charge in [-0.2, -0.15) is 0 Å². The molecule has 0 atom stereocenters. The van der Waals surface area contributed by atoms with Crippen LogP contribution in [0.2, 0.25) is 0 Å². The molecule has 3 aromatic heterocycles. The molecule has 0 N–H and O–H groups in total. The van der Waals surface area contributed by atoms with Gasteiger partial charge in [-0.05, 0) is 54.6 Å². The molecule has 0 saturated heterocycles. The second kappa shape index (κ2) is 15.0. The fourth-order valence-electron chi connectivity index (χ4n) is 3.75. The Morgan fingerprint density at radius 1 is 0.475 bits per heavy atom. The summed E-state index contributed by atoms with van der Waals surface area (Å²) in [5.41, 5.74) is 2.58. The van der Waals surface area contributed by atoms with Gasteiger partial charge in [0.2, 0.25) is 0 Å². The zero-order valence-electron chi connectivity index (χ0n) is 22.0. The van der Waals surface area contributed by atoms with Crippen molar-refractivity contribution >= 4 is 96.4 Å². The van der Waals surface area contributed by atoms with Crippen molar-refractivity contribution in [3.05, 3.63) is 91.4 Å². The van der Waals surface area contributed by atoms with E-state index < -0.39 is 0 Å². The minimum absolute atomic E-state index is 0. The maximum Gasteiger partial charge on any atom is 3.00 e. The Morgan fingerprint density at radius 2 is 0.750 bits per heavy atom. The summed E-state index contributed by atoms with van der Waals surface area (Å²) in [6, 6.07) is 22.8. The number of aromatic nitrogens is 3. The number of pyridine rings is 3.